The fourth-order valence-electron chi connectivity index (χ4n) is 2.76. The number of hydrogen-bond acceptors (Lipinski definition) is 6. The standard InChI is InChI=1S/C17H14ClF3N2O6/c18-9-3-1-8(2-4-9)15(26)28-7-12-11(24)5-13(29-12)23-6-10(17(19,20)21)14(25)22-16(23)27/h1-4,6,11-13,24H,5,7H2,(H,22,25,27)/t11?,12-,13-/m1/s1. The normalized spacial score (nSPS) is 21.9. The first-order valence-corrected chi connectivity index (χ1v) is 8.63. The van der Waals surface area contributed by atoms with E-state index in [9.17, 15) is 32.7 Å². The minimum atomic E-state index is -4.98. The van der Waals surface area contributed by atoms with Crippen LogP contribution in [-0.2, 0) is 15.7 Å². The van der Waals surface area contributed by atoms with Crippen LogP contribution in [0.5, 0.6) is 0 Å². The Morgan fingerprint density at radius 2 is 1.97 bits per heavy atom. The van der Waals surface area contributed by atoms with Crippen LogP contribution in [0.1, 0.15) is 28.6 Å². The first-order valence-electron chi connectivity index (χ1n) is 8.25. The molecule has 0 spiro atoms. The van der Waals surface area contributed by atoms with Gasteiger partial charge in [-0.25, -0.2) is 9.59 Å². The molecule has 1 aromatic heterocycles. The van der Waals surface area contributed by atoms with Crippen molar-refractivity contribution in [1.29, 1.82) is 0 Å². The maximum Gasteiger partial charge on any atom is 0.423 e. The quantitative estimate of drug-likeness (QED) is 0.709. The maximum atomic E-state index is 12.9. The molecule has 156 valence electrons. The summed E-state index contributed by atoms with van der Waals surface area (Å²) >= 11 is 5.73. The molecule has 0 saturated carbocycles. The first kappa shape index (κ1) is 21.1. The van der Waals surface area contributed by atoms with Crippen molar-refractivity contribution < 1.29 is 32.5 Å². The van der Waals surface area contributed by atoms with E-state index in [1.54, 1.807) is 4.98 Å². The number of hydrogen-bond donors (Lipinski definition) is 2. The Kier molecular flexibility index (Phi) is 5.82. The van der Waals surface area contributed by atoms with Gasteiger partial charge in [-0.2, -0.15) is 13.2 Å². The van der Waals surface area contributed by atoms with Gasteiger partial charge in [-0.15, -0.1) is 0 Å². The van der Waals surface area contributed by atoms with E-state index >= 15 is 0 Å². The summed E-state index contributed by atoms with van der Waals surface area (Å²) in [7, 11) is 0. The van der Waals surface area contributed by atoms with Gasteiger partial charge in [0, 0.05) is 17.6 Å². The van der Waals surface area contributed by atoms with E-state index in [-0.39, 0.29) is 12.0 Å². The fourth-order valence-corrected chi connectivity index (χ4v) is 2.89. The molecule has 1 aromatic carbocycles. The number of carbonyl (C=O) groups is 1. The Morgan fingerprint density at radius 1 is 1.31 bits per heavy atom. The number of nitrogens with one attached hydrogen (secondary N) is 1. The smallest absolute Gasteiger partial charge is 0.423 e. The summed E-state index contributed by atoms with van der Waals surface area (Å²) < 4.78 is 49.7. The highest BCUT2D eigenvalue weighted by Crippen LogP contribution is 2.30. The van der Waals surface area contributed by atoms with Gasteiger partial charge < -0.3 is 14.6 Å². The van der Waals surface area contributed by atoms with Crippen LogP contribution in [0.15, 0.2) is 40.1 Å². The van der Waals surface area contributed by atoms with Crippen LogP contribution in [-0.4, -0.2) is 39.4 Å². The van der Waals surface area contributed by atoms with Crippen LogP contribution < -0.4 is 11.2 Å². The molecule has 2 N–H and O–H groups in total. The number of carbonyl (C=O) groups excluding carboxylic acids is 1. The number of rotatable bonds is 4. The number of ether oxygens (including phenoxy) is 2. The van der Waals surface area contributed by atoms with E-state index in [1.165, 1.54) is 24.3 Å². The molecule has 1 unspecified atom stereocenters. The van der Waals surface area contributed by atoms with Crippen LogP contribution in [0.2, 0.25) is 5.02 Å². The van der Waals surface area contributed by atoms with Gasteiger partial charge in [0.1, 0.15) is 24.5 Å². The van der Waals surface area contributed by atoms with Crippen LogP contribution in [0, 0.1) is 0 Å². The van der Waals surface area contributed by atoms with Gasteiger partial charge in [0.05, 0.1) is 11.7 Å². The number of benzene rings is 1. The number of aromatic nitrogens is 2. The molecule has 1 aliphatic rings. The van der Waals surface area contributed by atoms with Crippen LogP contribution in [0.25, 0.3) is 0 Å². The highest BCUT2D eigenvalue weighted by Gasteiger charge is 2.39. The number of alkyl halides is 3. The van der Waals surface area contributed by atoms with Crippen molar-refractivity contribution >= 4 is 17.6 Å². The third kappa shape index (κ3) is 4.69. The largest absolute Gasteiger partial charge is 0.459 e. The molecule has 0 amide bonds. The second-order valence-corrected chi connectivity index (χ2v) is 6.68. The zero-order valence-corrected chi connectivity index (χ0v) is 15.2. The summed E-state index contributed by atoms with van der Waals surface area (Å²) in [5.74, 6) is -0.721. The molecule has 3 atom stereocenters. The third-order valence-electron chi connectivity index (χ3n) is 4.25. The topological polar surface area (TPSA) is 111 Å². The second kappa shape index (κ2) is 8.01. The van der Waals surface area contributed by atoms with Gasteiger partial charge in [-0.05, 0) is 24.3 Å². The minimum Gasteiger partial charge on any atom is -0.459 e. The van der Waals surface area contributed by atoms with E-state index in [0.717, 1.165) is 0 Å². The van der Waals surface area contributed by atoms with Gasteiger partial charge in [0.25, 0.3) is 5.56 Å². The van der Waals surface area contributed by atoms with Crippen LogP contribution in [0.4, 0.5) is 13.2 Å². The summed E-state index contributed by atoms with van der Waals surface area (Å²) in [6.07, 6.45) is -8.47. The highest BCUT2D eigenvalue weighted by atomic mass is 35.5. The number of aromatic amines is 1. The predicted molar refractivity (Wildman–Crippen MR) is 92.6 cm³/mol. The molecule has 1 saturated heterocycles. The number of nitrogens with zero attached hydrogens (tertiary/aromatic N) is 1. The van der Waals surface area contributed by atoms with Gasteiger partial charge >= 0.3 is 17.8 Å². The predicted octanol–water partition coefficient (Wildman–Crippen LogP) is 1.71. The average molecular weight is 435 g/mol. The van der Waals surface area contributed by atoms with Crippen molar-refractivity contribution in [3.05, 3.63) is 67.4 Å². The Labute approximate surface area is 165 Å². The van der Waals surface area contributed by atoms with E-state index < -0.39 is 54.0 Å². The molecule has 2 heterocycles. The van der Waals surface area contributed by atoms with Crippen molar-refractivity contribution in [3.8, 4) is 0 Å². The van der Waals surface area contributed by atoms with Gasteiger partial charge in [-0.1, -0.05) is 11.6 Å². The Hall–Kier alpha value is -2.63. The van der Waals surface area contributed by atoms with Gasteiger partial charge in [-0.3, -0.25) is 14.3 Å². The van der Waals surface area contributed by atoms with Crippen LogP contribution in [0.3, 0.4) is 0 Å². The third-order valence-corrected chi connectivity index (χ3v) is 4.50. The van der Waals surface area contributed by atoms with Crippen molar-refractivity contribution in [2.24, 2.45) is 0 Å². The molecule has 0 radical (unpaired) electrons. The van der Waals surface area contributed by atoms with Gasteiger partial charge in [0.15, 0.2) is 0 Å². The monoisotopic (exact) mass is 434 g/mol. The fraction of sp³-hybridized carbons (Fsp3) is 0.353. The van der Waals surface area contributed by atoms with Gasteiger partial charge in [0.2, 0.25) is 0 Å². The number of esters is 1. The Balaban J connectivity index is 1.71. The second-order valence-electron chi connectivity index (χ2n) is 6.24. The summed E-state index contributed by atoms with van der Waals surface area (Å²) in [6.45, 7) is -0.399. The maximum absolute atomic E-state index is 12.9. The molecular weight excluding hydrogens is 421 g/mol. The molecule has 1 fully saturated rings. The summed E-state index contributed by atoms with van der Waals surface area (Å²) in [6, 6.07) is 5.82. The van der Waals surface area contributed by atoms with Crippen molar-refractivity contribution in [2.75, 3.05) is 6.61 Å². The van der Waals surface area contributed by atoms with E-state index in [4.69, 9.17) is 21.1 Å². The SMILES string of the molecule is O=C(OC[C@H]1O[C@@H](n2cc(C(F)(F)F)c(=O)[nH]c2=O)CC1O)c1ccc(Cl)cc1. The highest BCUT2D eigenvalue weighted by molar-refractivity contribution is 6.30. The first-order chi connectivity index (χ1) is 13.6. The summed E-state index contributed by atoms with van der Waals surface area (Å²) in [5, 5.41) is 10.5. The zero-order chi connectivity index (χ0) is 21.3. The molecular formula is C17H14ClF3N2O6. The van der Waals surface area contributed by atoms with E-state index in [0.29, 0.717) is 15.8 Å². The van der Waals surface area contributed by atoms with Crippen molar-refractivity contribution in [2.45, 2.75) is 31.0 Å². The molecule has 0 bridgehead atoms. The number of aliphatic hydroxyl groups excluding tert-OH is 1. The lowest BCUT2D eigenvalue weighted by molar-refractivity contribution is -0.139. The molecule has 0 aliphatic carbocycles. The molecule has 3 rings (SSSR count). The van der Waals surface area contributed by atoms with E-state index in [2.05, 4.69) is 0 Å². The van der Waals surface area contributed by atoms with Crippen molar-refractivity contribution in [3.63, 3.8) is 0 Å². The molecule has 1 aliphatic heterocycles. The molecule has 29 heavy (non-hydrogen) atoms. The zero-order valence-electron chi connectivity index (χ0n) is 14.5. The summed E-state index contributed by atoms with van der Waals surface area (Å²) in [4.78, 5) is 36.8. The Morgan fingerprint density at radius 3 is 2.59 bits per heavy atom. The lowest BCUT2D eigenvalue weighted by Crippen LogP contribution is -2.36. The lowest BCUT2D eigenvalue weighted by atomic mass is 10.2. The number of aliphatic hydroxyl groups is 1. The minimum absolute atomic E-state index is 0.199. The van der Waals surface area contributed by atoms with Crippen LogP contribution >= 0.6 is 11.6 Å². The lowest BCUT2D eigenvalue weighted by Gasteiger charge is -2.17. The summed E-state index contributed by atoms with van der Waals surface area (Å²) in [5.41, 5.74) is -4.08. The average Bonchev–Trinajstić information content (AvgIpc) is 2.99. The van der Waals surface area contributed by atoms with E-state index in [1.807, 2.05) is 0 Å². The van der Waals surface area contributed by atoms with Crippen molar-refractivity contribution in [1.82, 2.24) is 9.55 Å². The number of H-pyrrole nitrogens is 1. The number of halogens is 4. The Bertz CT molecular complexity index is 1020. The molecule has 12 heteroatoms. The molecule has 2 aromatic rings. The molecule has 8 nitrogen and oxygen atoms in total.